The molecule has 110 valence electrons. The Bertz CT molecular complexity index is 502. The summed E-state index contributed by atoms with van der Waals surface area (Å²) in [5.41, 5.74) is 8.94. The number of ether oxygens (including phenoxy) is 1. The Labute approximate surface area is 126 Å². The van der Waals surface area contributed by atoms with Crippen molar-refractivity contribution >= 4 is 23.0 Å². The fraction of sp³-hybridized carbons (Fsp3) is 0.600. The van der Waals surface area contributed by atoms with E-state index in [4.69, 9.17) is 27.7 Å². The van der Waals surface area contributed by atoms with Crippen molar-refractivity contribution in [2.24, 2.45) is 11.7 Å². The second-order valence-electron chi connectivity index (χ2n) is 5.55. The average molecular weight is 293 g/mol. The summed E-state index contributed by atoms with van der Waals surface area (Å²) in [6.45, 7) is 6.81. The average Bonchev–Trinajstić information content (AvgIpc) is 2.38. The molecule has 1 atom stereocenters. The number of nitrogens with zero attached hydrogens (tertiary/aromatic N) is 2. The predicted molar refractivity (Wildman–Crippen MR) is 86.4 cm³/mol. The molecule has 0 amide bonds. The number of nitrogens with two attached hydrogens (primary N) is 1. The van der Waals surface area contributed by atoms with Gasteiger partial charge in [0.25, 0.3) is 0 Å². The molecule has 1 saturated heterocycles. The van der Waals surface area contributed by atoms with Gasteiger partial charge in [-0.2, -0.15) is 0 Å². The maximum absolute atomic E-state index is 5.91. The van der Waals surface area contributed by atoms with Gasteiger partial charge in [-0.25, -0.2) is 4.98 Å². The molecule has 0 spiro atoms. The Kier molecular flexibility index (Phi) is 4.94. The molecule has 0 bridgehead atoms. The molecule has 1 fully saturated rings. The minimum atomic E-state index is 0.430. The number of aryl methyl sites for hydroxylation is 2. The second kappa shape index (κ2) is 6.50. The zero-order valence-electron chi connectivity index (χ0n) is 12.5. The first kappa shape index (κ1) is 15.2. The van der Waals surface area contributed by atoms with Crippen molar-refractivity contribution in [2.45, 2.75) is 26.7 Å². The van der Waals surface area contributed by atoms with Gasteiger partial charge in [-0.05, 0) is 44.2 Å². The van der Waals surface area contributed by atoms with E-state index in [1.807, 2.05) is 19.9 Å². The molecule has 2 N–H and O–H groups in total. The number of anilines is 1. The van der Waals surface area contributed by atoms with E-state index in [2.05, 4.69) is 4.90 Å². The van der Waals surface area contributed by atoms with E-state index in [0.717, 1.165) is 48.8 Å². The monoisotopic (exact) mass is 293 g/mol. The number of aromatic nitrogens is 1. The number of piperidine rings is 1. The lowest BCUT2D eigenvalue weighted by molar-refractivity contribution is 0.143. The molecule has 2 rings (SSSR count). The lowest BCUT2D eigenvalue weighted by Crippen LogP contribution is -2.39. The maximum atomic E-state index is 5.91. The third-order valence-corrected chi connectivity index (χ3v) is 4.00. The van der Waals surface area contributed by atoms with Crippen LogP contribution in [0.5, 0.6) is 0 Å². The Hall–Kier alpha value is -1.20. The highest BCUT2D eigenvalue weighted by Gasteiger charge is 2.24. The van der Waals surface area contributed by atoms with E-state index in [1.165, 1.54) is 6.42 Å². The fourth-order valence-electron chi connectivity index (χ4n) is 2.98. The highest BCUT2D eigenvalue weighted by atomic mass is 32.1. The van der Waals surface area contributed by atoms with E-state index in [1.54, 1.807) is 7.11 Å². The van der Waals surface area contributed by atoms with Crippen LogP contribution in [0.15, 0.2) is 6.07 Å². The van der Waals surface area contributed by atoms with Crippen molar-refractivity contribution in [3.63, 3.8) is 0 Å². The fourth-order valence-corrected chi connectivity index (χ4v) is 3.23. The van der Waals surface area contributed by atoms with Gasteiger partial charge >= 0.3 is 0 Å². The Balaban J connectivity index is 2.33. The van der Waals surface area contributed by atoms with E-state index in [-0.39, 0.29) is 0 Å². The summed E-state index contributed by atoms with van der Waals surface area (Å²) >= 11 is 5.22. The quantitative estimate of drug-likeness (QED) is 0.863. The Morgan fingerprint density at radius 3 is 2.95 bits per heavy atom. The summed E-state index contributed by atoms with van der Waals surface area (Å²) in [7, 11) is 1.76. The van der Waals surface area contributed by atoms with E-state index in [0.29, 0.717) is 10.9 Å². The minimum absolute atomic E-state index is 0.430. The van der Waals surface area contributed by atoms with Crippen molar-refractivity contribution in [1.82, 2.24) is 4.98 Å². The largest absolute Gasteiger partial charge is 0.389 e. The van der Waals surface area contributed by atoms with Crippen LogP contribution in [-0.4, -0.2) is 36.8 Å². The molecule has 1 aromatic heterocycles. The molecular weight excluding hydrogens is 270 g/mol. The molecule has 0 aliphatic carbocycles. The van der Waals surface area contributed by atoms with Gasteiger partial charge in [0, 0.05) is 25.9 Å². The summed E-state index contributed by atoms with van der Waals surface area (Å²) in [4.78, 5) is 7.43. The first-order chi connectivity index (χ1) is 9.52. The van der Waals surface area contributed by atoms with Crippen LogP contribution < -0.4 is 10.6 Å². The van der Waals surface area contributed by atoms with Gasteiger partial charge in [0.15, 0.2) is 0 Å². The van der Waals surface area contributed by atoms with Crippen molar-refractivity contribution in [1.29, 1.82) is 0 Å². The molecule has 0 radical (unpaired) electrons. The normalized spacial score (nSPS) is 19.1. The zero-order valence-corrected chi connectivity index (χ0v) is 13.3. The Morgan fingerprint density at radius 1 is 1.55 bits per heavy atom. The Morgan fingerprint density at radius 2 is 2.30 bits per heavy atom. The molecule has 4 nitrogen and oxygen atoms in total. The molecule has 20 heavy (non-hydrogen) atoms. The highest BCUT2D eigenvalue weighted by Crippen LogP contribution is 2.27. The van der Waals surface area contributed by atoms with Crippen LogP contribution in [-0.2, 0) is 4.74 Å². The molecule has 1 aliphatic rings. The molecule has 1 aromatic rings. The summed E-state index contributed by atoms with van der Waals surface area (Å²) in [6.07, 6.45) is 2.36. The van der Waals surface area contributed by atoms with Crippen molar-refractivity contribution in [3.05, 3.63) is 22.9 Å². The zero-order chi connectivity index (χ0) is 14.7. The van der Waals surface area contributed by atoms with Crippen LogP contribution in [0.2, 0.25) is 0 Å². The molecule has 5 heteroatoms. The summed E-state index contributed by atoms with van der Waals surface area (Å²) in [5.74, 6) is 1.49. The number of thiocarbonyl (C=S) groups is 1. The molecule has 1 aliphatic heterocycles. The van der Waals surface area contributed by atoms with Gasteiger partial charge < -0.3 is 15.4 Å². The van der Waals surface area contributed by atoms with Gasteiger partial charge in [-0.15, -0.1) is 0 Å². The van der Waals surface area contributed by atoms with Crippen LogP contribution >= 0.6 is 12.2 Å². The molecule has 0 aromatic carbocycles. The van der Waals surface area contributed by atoms with Crippen LogP contribution in [0, 0.1) is 19.8 Å². The van der Waals surface area contributed by atoms with Crippen LogP contribution in [0.25, 0.3) is 0 Å². The van der Waals surface area contributed by atoms with Crippen molar-refractivity contribution in [3.8, 4) is 0 Å². The SMILES string of the molecule is COCC1CCCN(c2nc(C)cc(C)c2C(N)=S)C1. The molecular formula is C15H23N3OS. The van der Waals surface area contributed by atoms with Crippen LogP contribution in [0.1, 0.15) is 29.7 Å². The van der Waals surface area contributed by atoms with Crippen molar-refractivity contribution in [2.75, 3.05) is 31.7 Å². The van der Waals surface area contributed by atoms with Gasteiger partial charge in [-0.3, -0.25) is 0 Å². The van der Waals surface area contributed by atoms with Gasteiger partial charge in [0.05, 0.1) is 12.2 Å². The number of hydrogen-bond acceptors (Lipinski definition) is 4. The third kappa shape index (κ3) is 3.27. The van der Waals surface area contributed by atoms with Crippen LogP contribution in [0.4, 0.5) is 5.82 Å². The summed E-state index contributed by atoms with van der Waals surface area (Å²) in [5, 5.41) is 0. The predicted octanol–water partition coefficient (Wildman–Crippen LogP) is 2.20. The summed E-state index contributed by atoms with van der Waals surface area (Å²) < 4.78 is 5.29. The second-order valence-corrected chi connectivity index (χ2v) is 5.99. The van der Waals surface area contributed by atoms with E-state index < -0.39 is 0 Å². The lowest BCUT2D eigenvalue weighted by Gasteiger charge is -2.34. The maximum Gasteiger partial charge on any atom is 0.139 e. The first-order valence-corrected chi connectivity index (χ1v) is 7.45. The van der Waals surface area contributed by atoms with E-state index >= 15 is 0 Å². The number of hydrogen-bond donors (Lipinski definition) is 1. The van der Waals surface area contributed by atoms with Crippen molar-refractivity contribution < 1.29 is 4.74 Å². The minimum Gasteiger partial charge on any atom is -0.389 e. The van der Waals surface area contributed by atoms with E-state index in [9.17, 15) is 0 Å². The topological polar surface area (TPSA) is 51.4 Å². The number of rotatable bonds is 4. The summed E-state index contributed by atoms with van der Waals surface area (Å²) in [6, 6.07) is 2.04. The molecule has 2 heterocycles. The van der Waals surface area contributed by atoms with Gasteiger partial charge in [0.2, 0.25) is 0 Å². The molecule has 0 saturated carbocycles. The van der Waals surface area contributed by atoms with Gasteiger partial charge in [0.1, 0.15) is 10.8 Å². The third-order valence-electron chi connectivity index (χ3n) is 3.79. The smallest absolute Gasteiger partial charge is 0.139 e. The lowest BCUT2D eigenvalue weighted by atomic mass is 9.98. The first-order valence-electron chi connectivity index (χ1n) is 7.05. The standard InChI is InChI=1S/C15H23N3OS/c1-10-7-11(2)17-15(13(10)14(16)20)18-6-4-5-12(8-18)9-19-3/h7,12H,4-6,8-9H2,1-3H3,(H2,16,20). The van der Waals surface area contributed by atoms with Gasteiger partial charge in [-0.1, -0.05) is 12.2 Å². The molecule has 1 unspecified atom stereocenters. The van der Waals surface area contributed by atoms with Crippen LogP contribution in [0.3, 0.4) is 0 Å². The highest BCUT2D eigenvalue weighted by molar-refractivity contribution is 7.80. The number of pyridine rings is 1. The number of methoxy groups -OCH3 is 1.